The monoisotopic (exact) mass is 272 g/mol. The second-order valence-electron chi connectivity index (χ2n) is 5.06. The third kappa shape index (κ3) is 4.46. The predicted octanol–water partition coefficient (Wildman–Crippen LogP) is 4.11. The maximum atomic E-state index is 13.5. The molecule has 1 rings (SSSR count). The summed E-state index contributed by atoms with van der Waals surface area (Å²) in [7, 11) is 0. The summed E-state index contributed by atoms with van der Waals surface area (Å²) >= 11 is 0. The van der Waals surface area contributed by atoms with Crippen LogP contribution in [0.5, 0.6) is 0 Å². The molecule has 0 saturated carbocycles. The van der Waals surface area contributed by atoms with Crippen molar-refractivity contribution in [2.75, 3.05) is 5.32 Å². The van der Waals surface area contributed by atoms with Crippen LogP contribution in [0.15, 0.2) is 12.1 Å². The molecule has 0 fully saturated rings. The van der Waals surface area contributed by atoms with Gasteiger partial charge in [0.2, 0.25) is 5.82 Å². The maximum absolute atomic E-state index is 13.5. The molecule has 0 heterocycles. The largest absolute Gasteiger partial charge is 0.380 e. The first-order chi connectivity index (χ1) is 8.81. The molecule has 0 aromatic heterocycles. The average Bonchev–Trinajstić information content (AvgIpc) is 2.29. The molecule has 0 spiro atoms. The molecule has 0 aliphatic carbocycles. The van der Waals surface area contributed by atoms with Crippen molar-refractivity contribution in [3.63, 3.8) is 0 Å². The molecule has 1 atom stereocenters. The van der Waals surface area contributed by atoms with Crippen molar-refractivity contribution < 1.29 is 13.7 Å². The van der Waals surface area contributed by atoms with Crippen LogP contribution in [0.25, 0.3) is 0 Å². The van der Waals surface area contributed by atoms with E-state index in [9.17, 15) is 18.9 Å². The van der Waals surface area contributed by atoms with Gasteiger partial charge < -0.3 is 5.32 Å². The molecular weight excluding hydrogens is 254 g/mol. The zero-order valence-corrected chi connectivity index (χ0v) is 11.2. The Morgan fingerprint density at radius 3 is 2.37 bits per heavy atom. The van der Waals surface area contributed by atoms with Gasteiger partial charge in [-0.15, -0.1) is 0 Å². The number of nitro benzene ring substituents is 1. The Morgan fingerprint density at radius 2 is 1.84 bits per heavy atom. The number of hydrogen-bond donors (Lipinski definition) is 1. The predicted molar refractivity (Wildman–Crippen MR) is 70.2 cm³/mol. The van der Waals surface area contributed by atoms with Gasteiger partial charge in [-0.2, -0.15) is 4.39 Å². The summed E-state index contributed by atoms with van der Waals surface area (Å²) in [6.07, 6.45) is 1.77. The molecular formula is C13H18F2N2O2. The number of anilines is 1. The van der Waals surface area contributed by atoms with E-state index in [0.29, 0.717) is 12.0 Å². The summed E-state index contributed by atoms with van der Waals surface area (Å²) in [6, 6.07) is 1.40. The number of halogens is 2. The van der Waals surface area contributed by atoms with E-state index in [1.807, 2.05) is 6.92 Å². The van der Waals surface area contributed by atoms with Gasteiger partial charge in [0.25, 0.3) is 0 Å². The summed E-state index contributed by atoms with van der Waals surface area (Å²) in [5, 5.41) is 13.4. The van der Waals surface area contributed by atoms with Gasteiger partial charge in [-0.05, 0) is 25.7 Å². The number of hydrogen-bond acceptors (Lipinski definition) is 3. The minimum Gasteiger partial charge on any atom is -0.380 e. The van der Waals surface area contributed by atoms with Crippen LogP contribution in [0.2, 0.25) is 0 Å². The minimum absolute atomic E-state index is 0.0376. The lowest BCUT2D eigenvalue weighted by molar-refractivity contribution is -0.387. The Labute approximate surface area is 111 Å². The Bertz CT molecular complexity index is 464. The first-order valence-electron chi connectivity index (χ1n) is 6.21. The van der Waals surface area contributed by atoms with Gasteiger partial charge in [0, 0.05) is 18.2 Å². The topological polar surface area (TPSA) is 55.2 Å². The fraction of sp³-hybridized carbons (Fsp3) is 0.538. The molecule has 1 aromatic carbocycles. The second kappa shape index (κ2) is 6.45. The van der Waals surface area contributed by atoms with Gasteiger partial charge in [-0.3, -0.25) is 10.1 Å². The van der Waals surface area contributed by atoms with Crippen molar-refractivity contribution in [3.8, 4) is 0 Å². The molecule has 6 heteroatoms. The van der Waals surface area contributed by atoms with E-state index in [1.165, 1.54) is 0 Å². The van der Waals surface area contributed by atoms with E-state index in [0.717, 1.165) is 18.9 Å². The smallest absolute Gasteiger partial charge is 0.307 e. The molecule has 4 nitrogen and oxygen atoms in total. The van der Waals surface area contributed by atoms with E-state index in [1.54, 1.807) is 0 Å². The second-order valence-corrected chi connectivity index (χ2v) is 5.06. The third-order valence-electron chi connectivity index (χ3n) is 2.81. The van der Waals surface area contributed by atoms with Crippen molar-refractivity contribution in [3.05, 3.63) is 33.9 Å². The van der Waals surface area contributed by atoms with Gasteiger partial charge in [0.1, 0.15) is 5.82 Å². The van der Waals surface area contributed by atoms with Gasteiger partial charge in [-0.25, -0.2) is 4.39 Å². The minimum atomic E-state index is -1.16. The van der Waals surface area contributed by atoms with Crippen LogP contribution >= 0.6 is 0 Å². The van der Waals surface area contributed by atoms with Crippen molar-refractivity contribution in [1.29, 1.82) is 0 Å². The van der Waals surface area contributed by atoms with Gasteiger partial charge >= 0.3 is 5.69 Å². The summed E-state index contributed by atoms with van der Waals surface area (Å²) in [5.74, 6) is -1.46. The highest BCUT2D eigenvalue weighted by Gasteiger charge is 2.19. The van der Waals surface area contributed by atoms with Gasteiger partial charge in [0.05, 0.1) is 10.6 Å². The van der Waals surface area contributed by atoms with E-state index in [-0.39, 0.29) is 11.7 Å². The Hall–Kier alpha value is -1.72. The van der Waals surface area contributed by atoms with Crippen molar-refractivity contribution in [1.82, 2.24) is 0 Å². The van der Waals surface area contributed by atoms with Crippen LogP contribution in [-0.2, 0) is 0 Å². The van der Waals surface area contributed by atoms with Crippen LogP contribution in [0.3, 0.4) is 0 Å². The normalized spacial score (nSPS) is 12.5. The molecule has 0 aliphatic rings. The van der Waals surface area contributed by atoms with E-state index >= 15 is 0 Å². The van der Waals surface area contributed by atoms with E-state index in [4.69, 9.17) is 0 Å². The molecule has 0 aliphatic heterocycles. The van der Waals surface area contributed by atoms with Crippen molar-refractivity contribution in [2.24, 2.45) is 5.92 Å². The number of benzene rings is 1. The highest BCUT2D eigenvalue weighted by molar-refractivity contribution is 5.53. The van der Waals surface area contributed by atoms with Crippen LogP contribution in [-0.4, -0.2) is 11.0 Å². The number of nitrogens with zero attached hydrogens (tertiary/aromatic N) is 1. The Kier molecular flexibility index (Phi) is 5.20. The number of rotatable bonds is 6. The average molecular weight is 272 g/mol. The standard InChI is InChI=1S/C13H18F2N2O2/c1-8(2)4-5-9(3)16-12-7-13(17(18)19)11(15)6-10(12)14/h6-9,16H,4-5H2,1-3H3. The summed E-state index contributed by atoms with van der Waals surface area (Å²) in [4.78, 5) is 9.74. The van der Waals surface area contributed by atoms with Crippen LogP contribution in [0.1, 0.15) is 33.6 Å². The SMILES string of the molecule is CC(C)CCC(C)Nc1cc([N+](=O)[O-])c(F)cc1F. The summed E-state index contributed by atoms with van der Waals surface area (Å²) in [5.41, 5.74) is -0.760. The Balaban J connectivity index is 2.83. The molecule has 1 unspecified atom stereocenters. The zero-order chi connectivity index (χ0) is 14.6. The fourth-order valence-electron chi connectivity index (χ4n) is 1.71. The van der Waals surface area contributed by atoms with Gasteiger partial charge in [0.15, 0.2) is 0 Å². The molecule has 0 bridgehead atoms. The lowest BCUT2D eigenvalue weighted by Crippen LogP contribution is -2.17. The Morgan fingerprint density at radius 1 is 1.21 bits per heavy atom. The highest BCUT2D eigenvalue weighted by atomic mass is 19.1. The molecule has 106 valence electrons. The van der Waals surface area contributed by atoms with Crippen LogP contribution < -0.4 is 5.32 Å². The number of nitrogens with one attached hydrogen (secondary N) is 1. The molecule has 1 aromatic rings. The molecule has 0 amide bonds. The summed E-state index contributed by atoms with van der Waals surface area (Å²) in [6.45, 7) is 6.02. The third-order valence-corrected chi connectivity index (χ3v) is 2.81. The van der Waals surface area contributed by atoms with E-state index in [2.05, 4.69) is 19.2 Å². The summed E-state index contributed by atoms with van der Waals surface area (Å²) < 4.78 is 26.7. The van der Waals surface area contributed by atoms with Crippen molar-refractivity contribution >= 4 is 11.4 Å². The van der Waals surface area contributed by atoms with Crippen molar-refractivity contribution in [2.45, 2.75) is 39.7 Å². The van der Waals surface area contributed by atoms with Crippen LogP contribution in [0.4, 0.5) is 20.2 Å². The quantitative estimate of drug-likeness (QED) is 0.626. The van der Waals surface area contributed by atoms with E-state index < -0.39 is 22.2 Å². The molecule has 1 N–H and O–H groups in total. The fourth-order valence-corrected chi connectivity index (χ4v) is 1.71. The lowest BCUT2D eigenvalue weighted by atomic mass is 10.0. The molecule has 19 heavy (non-hydrogen) atoms. The number of nitro groups is 1. The first kappa shape index (κ1) is 15.3. The maximum Gasteiger partial charge on any atom is 0.307 e. The molecule has 0 radical (unpaired) electrons. The highest BCUT2D eigenvalue weighted by Crippen LogP contribution is 2.26. The molecule has 0 saturated heterocycles. The lowest BCUT2D eigenvalue weighted by Gasteiger charge is -2.16. The first-order valence-corrected chi connectivity index (χ1v) is 6.21. The van der Waals surface area contributed by atoms with Crippen LogP contribution in [0, 0.1) is 27.7 Å². The van der Waals surface area contributed by atoms with Gasteiger partial charge in [-0.1, -0.05) is 13.8 Å². The zero-order valence-electron chi connectivity index (χ0n) is 11.2.